The van der Waals surface area contributed by atoms with E-state index in [1.165, 1.54) is 6.26 Å². The number of nitrogens with one attached hydrogen (secondary N) is 1. The standard InChI is InChI=1S/C8H11N3O3/c1-5(10-11-8(9)13)7(12)6-3-2-4-14-6/h2-4,7,12H,1H3,(H3,9,11,13)/b10-5+. The van der Waals surface area contributed by atoms with Crippen molar-refractivity contribution in [3.05, 3.63) is 24.2 Å². The van der Waals surface area contributed by atoms with E-state index in [0.29, 0.717) is 11.5 Å². The molecular weight excluding hydrogens is 186 g/mol. The largest absolute Gasteiger partial charge is 0.466 e. The molecule has 6 nitrogen and oxygen atoms in total. The topological polar surface area (TPSA) is 101 Å². The van der Waals surface area contributed by atoms with Crippen molar-refractivity contribution in [3.8, 4) is 0 Å². The molecule has 14 heavy (non-hydrogen) atoms. The van der Waals surface area contributed by atoms with Gasteiger partial charge in [-0.3, -0.25) is 0 Å². The highest BCUT2D eigenvalue weighted by molar-refractivity contribution is 5.87. The molecule has 4 N–H and O–H groups in total. The van der Waals surface area contributed by atoms with Crippen LogP contribution in [-0.2, 0) is 0 Å². The number of hydrazone groups is 1. The molecule has 76 valence electrons. The number of urea groups is 1. The Morgan fingerprint density at radius 2 is 2.50 bits per heavy atom. The second-order valence-corrected chi connectivity index (χ2v) is 2.65. The summed E-state index contributed by atoms with van der Waals surface area (Å²) < 4.78 is 4.95. The van der Waals surface area contributed by atoms with E-state index in [9.17, 15) is 9.90 Å². The van der Waals surface area contributed by atoms with Crippen molar-refractivity contribution < 1.29 is 14.3 Å². The number of aliphatic hydroxyl groups excluding tert-OH is 1. The zero-order chi connectivity index (χ0) is 10.6. The first kappa shape index (κ1) is 10.3. The fourth-order valence-corrected chi connectivity index (χ4v) is 0.857. The van der Waals surface area contributed by atoms with E-state index in [2.05, 4.69) is 5.10 Å². The number of carbonyl (C=O) groups is 1. The number of hydrogen-bond donors (Lipinski definition) is 3. The van der Waals surface area contributed by atoms with Crippen molar-refractivity contribution in [1.82, 2.24) is 5.43 Å². The maximum absolute atomic E-state index is 10.3. The maximum Gasteiger partial charge on any atom is 0.332 e. The summed E-state index contributed by atoms with van der Waals surface area (Å²) in [6, 6.07) is 2.47. The number of furan rings is 1. The van der Waals surface area contributed by atoms with E-state index in [1.54, 1.807) is 19.1 Å². The van der Waals surface area contributed by atoms with Crippen molar-refractivity contribution in [3.63, 3.8) is 0 Å². The molecule has 0 fully saturated rings. The van der Waals surface area contributed by atoms with Crippen LogP contribution in [0.25, 0.3) is 0 Å². The van der Waals surface area contributed by atoms with E-state index in [0.717, 1.165) is 0 Å². The van der Waals surface area contributed by atoms with Crippen molar-refractivity contribution in [2.24, 2.45) is 10.8 Å². The van der Waals surface area contributed by atoms with Crippen LogP contribution in [-0.4, -0.2) is 16.8 Å². The molecule has 0 saturated carbocycles. The Morgan fingerprint density at radius 1 is 1.79 bits per heavy atom. The fourth-order valence-electron chi connectivity index (χ4n) is 0.857. The van der Waals surface area contributed by atoms with Crippen molar-refractivity contribution in [2.75, 3.05) is 0 Å². The van der Waals surface area contributed by atoms with Crippen LogP contribution >= 0.6 is 0 Å². The summed E-state index contributed by atoms with van der Waals surface area (Å²) >= 11 is 0. The molecule has 1 rings (SSSR count). The first-order valence-corrected chi connectivity index (χ1v) is 3.92. The molecule has 1 atom stereocenters. The van der Waals surface area contributed by atoms with E-state index < -0.39 is 12.1 Å². The normalized spacial score (nSPS) is 13.7. The summed E-state index contributed by atoms with van der Waals surface area (Å²) in [5, 5.41) is 13.1. The van der Waals surface area contributed by atoms with E-state index in [-0.39, 0.29) is 0 Å². The van der Waals surface area contributed by atoms with E-state index in [1.807, 2.05) is 5.43 Å². The van der Waals surface area contributed by atoms with E-state index in [4.69, 9.17) is 10.2 Å². The van der Waals surface area contributed by atoms with Gasteiger partial charge in [0.25, 0.3) is 0 Å². The first-order valence-electron chi connectivity index (χ1n) is 3.92. The number of nitrogens with two attached hydrogens (primary N) is 1. The number of nitrogens with zero attached hydrogens (tertiary/aromatic N) is 1. The molecule has 6 heteroatoms. The van der Waals surface area contributed by atoms with Gasteiger partial charge in [-0.25, -0.2) is 10.2 Å². The summed E-state index contributed by atoms with van der Waals surface area (Å²) in [5.74, 6) is 0.359. The molecule has 0 spiro atoms. The van der Waals surface area contributed by atoms with Gasteiger partial charge in [-0.15, -0.1) is 0 Å². The van der Waals surface area contributed by atoms with Crippen LogP contribution in [0.15, 0.2) is 27.9 Å². The van der Waals surface area contributed by atoms with Gasteiger partial charge in [-0.05, 0) is 19.1 Å². The molecule has 0 aliphatic heterocycles. The lowest BCUT2D eigenvalue weighted by atomic mass is 10.2. The highest BCUT2D eigenvalue weighted by atomic mass is 16.4. The fraction of sp³-hybridized carbons (Fsp3) is 0.250. The number of primary amides is 1. The first-order chi connectivity index (χ1) is 6.61. The van der Waals surface area contributed by atoms with Gasteiger partial charge in [0.05, 0.1) is 12.0 Å². The molecule has 1 aromatic rings. The third-order valence-corrected chi connectivity index (χ3v) is 1.55. The molecule has 0 saturated heterocycles. The summed E-state index contributed by atoms with van der Waals surface area (Å²) in [5.41, 5.74) is 7.10. The highest BCUT2D eigenvalue weighted by Crippen LogP contribution is 2.14. The van der Waals surface area contributed by atoms with Gasteiger partial charge in [0, 0.05) is 0 Å². The Kier molecular flexibility index (Phi) is 3.24. The Bertz CT molecular complexity index is 332. The van der Waals surface area contributed by atoms with E-state index >= 15 is 0 Å². The molecule has 1 aromatic heterocycles. The molecule has 1 unspecified atom stereocenters. The predicted octanol–water partition coefficient (Wildman–Crippen LogP) is 0.357. The summed E-state index contributed by atoms with van der Waals surface area (Å²) in [4.78, 5) is 10.3. The van der Waals surface area contributed by atoms with Gasteiger partial charge >= 0.3 is 6.03 Å². The van der Waals surface area contributed by atoms with Crippen LogP contribution in [0.5, 0.6) is 0 Å². The monoisotopic (exact) mass is 197 g/mol. The summed E-state index contributed by atoms with van der Waals surface area (Å²) in [7, 11) is 0. The smallest absolute Gasteiger partial charge is 0.332 e. The molecule has 0 bridgehead atoms. The Balaban J connectivity index is 2.65. The number of rotatable bonds is 3. The molecular formula is C8H11N3O3. The predicted molar refractivity (Wildman–Crippen MR) is 49.5 cm³/mol. The molecule has 0 radical (unpaired) electrons. The average Bonchev–Trinajstić information content (AvgIpc) is 2.65. The SMILES string of the molecule is C/C(=N\NC(N)=O)C(O)c1ccco1. The number of carbonyl (C=O) groups excluding carboxylic acids is 1. The molecule has 0 aromatic carbocycles. The zero-order valence-electron chi connectivity index (χ0n) is 7.60. The van der Waals surface area contributed by atoms with Crippen molar-refractivity contribution in [1.29, 1.82) is 0 Å². The van der Waals surface area contributed by atoms with Gasteiger partial charge in [-0.1, -0.05) is 0 Å². The van der Waals surface area contributed by atoms with Crippen molar-refractivity contribution in [2.45, 2.75) is 13.0 Å². The van der Waals surface area contributed by atoms with Gasteiger partial charge < -0.3 is 15.3 Å². The Labute approximate surface area is 80.4 Å². The average molecular weight is 197 g/mol. The number of hydrogen-bond acceptors (Lipinski definition) is 4. The van der Waals surface area contributed by atoms with Crippen LogP contribution in [0.3, 0.4) is 0 Å². The third kappa shape index (κ3) is 2.60. The maximum atomic E-state index is 10.3. The van der Waals surface area contributed by atoms with Crippen molar-refractivity contribution >= 4 is 11.7 Å². The summed E-state index contributed by atoms with van der Waals surface area (Å²) in [6.07, 6.45) is 0.463. The third-order valence-electron chi connectivity index (χ3n) is 1.55. The lowest BCUT2D eigenvalue weighted by molar-refractivity contribution is 0.213. The zero-order valence-corrected chi connectivity index (χ0v) is 7.60. The second-order valence-electron chi connectivity index (χ2n) is 2.65. The molecule has 1 heterocycles. The lowest BCUT2D eigenvalue weighted by Gasteiger charge is -2.06. The minimum absolute atomic E-state index is 0.291. The minimum atomic E-state index is -0.975. The Hall–Kier alpha value is -1.82. The van der Waals surface area contributed by atoms with Crippen LogP contribution in [0.2, 0.25) is 0 Å². The highest BCUT2D eigenvalue weighted by Gasteiger charge is 2.13. The minimum Gasteiger partial charge on any atom is -0.466 e. The number of aliphatic hydroxyl groups is 1. The quantitative estimate of drug-likeness (QED) is 0.481. The molecule has 0 aliphatic rings. The van der Waals surface area contributed by atoms with Gasteiger partial charge in [0.2, 0.25) is 0 Å². The van der Waals surface area contributed by atoms with Crippen LogP contribution < -0.4 is 11.2 Å². The van der Waals surface area contributed by atoms with Gasteiger partial charge in [0.1, 0.15) is 5.76 Å². The molecule has 0 aliphatic carbocycles. The number of amides is 2. The van der Waals surface area contributed by atoms with Gasteiger partial charge in [-0.2, -0.15) is 5.10 Å². The summed E-state index contributed by atoms with van der Waals surface area (Å²) in [6.45, 7) is 1.54. The Morgan fingerprint density at radius 3 is 3.00 bits per heavy atom. The van der Waals surface area contributed by atoms with Crippen LogP contribution in [0.4, 0.5) is 4.79 Å². The second kappa shape index (κ2) is 4.43. The lowest BCUT2D eigenvalue weighted by Crippen LogP contribution is -2.26. The van der Waals surface area contributed by atoms with Crippen LogP contribution in [0, 0.1) is 0 Å². The molecule has 2 amide bonds. The van der Waals surface area contributed by atoms with Gasteiger partial charge in [0.15, 0.2) is 6.10 Å². The van der Waals surface area contributed by atoms with Crippen LogP contribution in [0.1, 0.15) is 18.8 Å².